The molecule has 17 heavy (non-hydrogen) atoms. The second-order valence-electron chi connectivity index (χ2n) is 3.34. The van der Waals surface area contributed by atoms with E-state index in [0.29, 0.717) is 19.6 Å². The van der Waals surface area contributed by atoms with Gasteiger partial charge in [-0.15, -0.1) is 0 Å². The molecule has 0 aliphatic rings. The second kappa shape index (κ2) is 9.02. The zero-order valence-corrected chi connectivity index (χ0v) is 9.43. The molecule has 2 atom stereocenters. The van der Waals surface area contributed by atoms with Crippen molar-refractivity contribution < 1.29 is 24.9 Å². The molecule has 0 rings (SSSR count). The molecule has 0 aliphatic carbocycles. The molecule has 0 spiro atoms. The Morgan fingerprint density at radius 2 is 1.76 bits per heavy atom. The van der Waals surface area contributed by atoms with Crippen LogP contribution in [0.5, 0.6) is 0 Å². The summed E-state index contributed by atoms with van der Waals surface area (Å²) in [5, 5.41) is 32.1. The first-order valence-electron chi connectivity index (χ1n) is 5.22. The van der Waals surface area contributed by atoms with E-state index in [1.807, 2.05) is 0 Å². The maximum Gasteiger partial charge on any atom is 0.252 e. The molecule has 0 aromatic rings. The summed E-state index contributed by atoms with van der Waals surface area (Å²) in [7, 11) is 0. The molecule has 0 aromatic heterocycles. The summed E-state index contributed by atoms with van der Waals surface area (Å²) in [4.78, 5) is 22.0. The normalized spacial score (nSPS) is 14.1. The Morgan fingerprint density at radius 1 is 1.12 bits per heavy atom. The Morgan fingerprint density at radius 3 is 2.29 bits per heavy atom. The van der Waals surface area contributed by atoms with Gasteiger partial charge in [0.05, 0.1) is 0 Å². The van der Waals surface area contributed by atoms with Crippen LogP contribution in [0.1, 0.15) is 0 Å². The molecular weight excluding hydrogens is 230 g/mol. The zero-order chi connectivity index (χ0) is 13.3. The highest BCUT2D eigenvalue weighted by atomic mass is 16.3. The summed E-state index contributed by atoms with van der Waals surface area (Å²) < 4.78 is 0. The fourth-order valence-electron chi connectivity index (χ4n) is 1.02. The van der Waals surface area contributed by atoms with Crippen LogP contribution in [0.25, 0.3) is 0 Å². The lowest BCUT2D eigenvalue weighted by atomic mass is 10.1. The lowest BCUT2D eigenvalue weighted by Gasteiger charge is -2.15. The van der Waals surface area contributed by atoms with Gasteiger partial charge in [0, 0.05) is 26.2 Å². The number of nitrogens with one attached hydrogen (secondary N) is 2. The number of aliphatic hydroxyl groups excluding tert-OH is 3. The Bertz CT molecular complexity index is 249. The molecular formula is C9H19N3O5. The summed E-state index contributed by atoms with van der Waals surface area (Å²) in [5.74, 6) is -1.87. The van der Waals surface area contributed by atoms with Crippen molar-refractivity contribution in [2.75, 3.05) is 32.8 Å². The third kappa shape index (κ3) is 6.29. The summed E-state index contributed by atoms with van der Waals surface area (Å²) in [6.07, 6.45) is -3.78. The first-order valence-corrected chi connectivity index (χ1v) is 5.22. The minimum atomic E-state index is -1.91. The maximum atomic E-state index is 11.2. The van der Waals surface area contributed by atoms with E-state index in [1.54, 1.807) is 0 Å². The predicted molar refractivity (Wildman–Crippen MR) is 59.0 cm³/mol. The van der Waals surface area contributed by atoms with E-state index in [1.165, 1.54) is 0 Å². The summed E-state index contributed by atoms with van der Waals surface area (Å²) in [6, 6.07) is 0. The molecule has 0 unspecified atom stereocenters. The van der Waals surface area contributed by atoms with Crippen molar-refractivity contribution in [3.05, 3.63) is 0 Å². The Balaban J connectivity index is 3.85. The van der Waals surface area contributed by atoms with Gasteiger partial charge in [-0.05, 0) is 0 Å². The van der Waals surface area contributed by atoms with E-state index in [0.717, 1.165) is 0 Å². The average molecular weight is 249 g/mol. The van der Waals surface area contributed by atoms with Gasteiger partial charge in [-0.25, -0.2) is 0 Å². The van der Waals surface area contributed by atoms with E-state index in [9.17, 15) is 14.7 Å². The fraction of sp³-hybridized carbons (Fsp3) is 0.778. The third-order valence-electron chi connectivity index (χ3n) is 1.98. The van der Waals surface area contributed by atoms with Gasteiger partial charge in [0.15, 0.2) is 11.9 Å². The highest BCUT2D eigenvalue weighted by Gasteiger charge is 2.29. The number of hydrogen-bond acceptors (Lipinski definition) is 7. The minimum Gasteiger partial charge on any atom is -0.388 e. The van der Waals surface area contributed by atoms with Crippen molar-refractivity contribution in [2.24, 2.45) is 5.73 Å². The number of carbonyl (C=O) groups is 2. The number of nitrogens with two attached hydrogens (primary N) is 1. The Hall–Kier alpha value is -1.06. The van der Waals surface area contributed by atoms with E-state index in [-0.39, 0.29) is 6.54 Å². The summed E-state index contributed by atoms with van der Waals surface area (Å²) in [5.41, 5.74) is 5.22. The van der Waals surface area contributed by atoms with Gasteiger partial charge in [0.1, 0.15) is 12.7 Å². The first-order chi connectivity index (χ1) is 8.04. The molecule has 1 amide bonds. The Kier molecular flexibility index (Phi) is 8.46. The van der Waals surface area contributed by atoms with Gasteiger partial charge >= 0.3 is 0 Å². The van der Waals surface area contributed by atoms with Crippen molar-refractivity contribution in [3.63, 3.8) is 0 Å². The van der Waals surface area contributed by atoms with Gasteiger partial charge in [0.2, 0.25) is 0 Å². The number of rotatable bonds is 9. The topological polar surface area (TPSA) is 145 Å². The van der Waals surface area contributed by atoms with Crippen LogP contribution in [0.4, 0.5) is 0 Å². The molecule has 8 heteroatoms. The molecule has 0 aromatic carbocycles. The third-order valence-corrected chi connectivity index (χ3v) is 1.98. The van der Waals surface area contributed by atoms with Crippen LogP contribution in [0, 0.1) is 0 Å². The van der Waals surface area contributed by atoms with Gasteiger partial charge in [-0.1, -0.05) is 0 Å². The summed E-state index contributed by atoms with van der Waals surface area (Å²) >= 11 is 0. The van der Waals surface area contributed by atoms with Crippen LogP contribution >= 0.6 is 0 Å². The molecule has 0 aliphatic heterocycles. The number of amides is 1. The number of hydrogen-bond donors (Lipinski definition) is 6. The first kappa shape index (κ1) is 15.9. The van der Waals surface area contributed by atoms with Crippen LogP contribution in [-0.2, 0) is 9.59 Å². The van der Waals surface area contributed by atoms with Crippen molar-refractivity contribution in [3.8, 4) is 0 Å². The van der Waals surface area contributed by atoms with Crippen molar-refractivity contribution in [1.82, 2.24) is 10.6 Å². The van der Waals surface area contributed by atoms with Crippen molar-refractivity contribution in [1.29, 1.82) is 0 Å². The number of aliphatic hydroxyl groups is 3. The molecule has 7 N–H and O–H groups in total. The lowest BCUT2D eigenvalue weighted by Crippen LogP contribution is -2.47. The van der Waals surface area contributed by atoms with Crippen molar-refractivity contribution >= 4 is 11.7 Å². The van der Waals surface area contributed by atoms with Crippen LogP contribution in [0.15, 0.2) is 0 Å². The minimum absolute atomic E-state index is 0.232. The standard InChI is InChI=1S/C9H19N3O5/c10-1-2-11-3-4-12-9(17)8(16)7(15)6(14)5-13/h7-8,11,13,15-16H,1-5,10H2,(H,12,17)/t7-,8+/m0/s1. The fourth-order valence-corrected chi connectivity index (χ4v) is 1.02. The molecule has 0 heterocycles. The van der Waals surface area contributed by atoms with E-state index in [4.69, 9.17) is 15.9 Å². The van der Waals surface area contributed by atoms with Gasteiger partial charge in [0.25, 0.3) is 5.91 Å². The monoisotopic (exact) mass is 249 g/mol. The highest BCUT2D eigenvalue weighted by Crippen LogP contribution is 1.95. The quantitative estimate of drug-likeness (QED) is 0.228. The van der Waals surface area contributed by atoms with E-state index >= 15 is 0 Å². The largest absolute Gasteiger partial charge is 0.388 e. The van der Waals surface area contributed by atoms with Crippen LogP contribution in [0.3, 0.4) is 0 Å². The van der Waals surface area contributed by atoms with Gasteiger partial charge in [-0.3, -0.25) is 9.59 Å². The molecule has 0 fully saturated rings. The zero-order valence-electron chi connectivity index (χ0n) is 9.43. The highest BCUT2D eigenvalue weighted by molar-refractivity contribution is 5.92. The lowest BCUT2D eigenvalue weighted by molar-refractivity contribution is -0.146. The number of carbonyl (C=O) groups excluding carboxylic acids is 2. The molecule has 100 valence electrons. The van der Waals surface area contributed by atoms with Crippen LogP contribution in [0.2, 0.25) is 0 Å². The predicted octanol–water partition coefficient (Wildman–Crippen LogP) is -4.07. The van der Waals surface area contributed by atoms with E-state index < -0.39 is 30.5 Å². The summed E-state index contributed by atoms with van der Waals surface area (Å²) in [6.45, 7) is 0.837. The SMILES string of the molecule is NCCNCCNC(=O)[C@H](O)[C@@H](O)C(=O)CO. The molecule has 0 bridgehead atoms. The Labute approximate surface area is 98.8 Å². The van der Waals surface area contributed by atoms with E-state index in [2.05, 4.69) is 10.6 Å². The van der Waals surface area contributed by atoms with Crippen molar-refractivity contribution in [2.45, 2.75) is 12.2 Å². The number of ketones is 1. The second-order valence-corrected chi connectivity index (χ2v) is 3.34. The molecule has 0 radical (unpaired) electrons. The van der Waals surface area contributed by atoms with Gasteiger partial charge in [-0.2, -0.15) is 0 Å². The molecule has 0 saturated carbocycles. The van der Waals surface area contributed by atoms with Gasteiger partial charge < -0.3 is 31.7 Å². The maximum absolute atomic E-state index is 11.2. The van der Waals surface area contributed by atoms with Crippen LogP contribution < -0.4 is 16.4 Å². The smallest absolute Gasteiger partial charge is 0.252 e. The molecule has 8 nitrogen and oxygen atoms in total. The van der Waals surface area contributed by atoms with Crippen LogP contribution in [-0.4, -0.2) is 72.0 Å². The molecule has 0 saturated heterocycles. The number of Topliss-reactive ketones (excluding diaryl/α,β-unsaturated/α-hetero) is 1. The average Bonchev–Trinajstić information content (AvgIpc) is 2.35.